The first-order chi connectivity index (χ1) is 7.75. The predicted molar refractivity (Wildman–Crippen MR) is 63.8 cm³/mol. The van der Waals surface area contributed by atoms with Gasteiger partial charge >= 0.3 is 5.97 Å². The Hall–Kier alpha value is -1.83. The first kappa shape index (κ1) is 10.7. The molecule has 0 fully saturated rings. The molecule has 1 aromatic carbocycles. The number of benzene rings is 1. The summed E-state index contributed by atoms with van der Waals surface area (Å²) in [6.45, 7) is 2.45. The van der Waals surface area contributed by atoms with Crippen molar-refractivity contribution in [1.82, 2.24) is 0 Å². The number of rotatable bonds is 3. The first-order valence-corrected chi connectivity index (χ1v) is 5.34. The molecule has 2 rings (SSSR count). The molecule has 16 heavy (non-hydrogen) atoms. The standard InChI is InChI=1S/C14H14O2/c1-11(9-12-5-3-2-4-6-12)10-13-7-8-16-14(13)15/h2-7,9H,8,10H2,1H3. The van der Waals surface area contributed by atoms with E-state index >= 15 is 0 Å². The summed E-state index contributed by atoms with van der Waals surface area (Å²) in [5.74, 6) is -0.180. The third-order valence-electron chi connectivity index (χ3n) is 2.49. The van der Waals surface area contributed by atoms with Crippen LogP contribution in [0.3, 0.4) is 0 Å². The van der Waals surface area contributed by atoms with Gasteiger partial charge in [-0.15, -0.1) is 0 Å². The summed E-state index contributed by atoms with van der Waals surface area (Å²) in [6, 6.07) is 10.1. The van der Waals surface area contributed by atoms with Crippen molar-refractivity contribution in [3.63, 3.8) is 0 Å². The monoisotopic (exact) mass is 214 g/mol. The van der Waals surface area contributed by atoms with Gasteiger partial charge in [0.05, 0.1) is 0 Å². The van der Waals surface area contributed by atoms with Gasteiger partial charge in [-0.3, -0.25) is 0 Å². The van der Waals surface area contributed by atoms with Gasteiger partial charge in [0.2, 0.25) is 0 Å². The fraction of sp³-hybridized carbons (Fsp3) is 0.214. The number of carbonyl (C=O) groups is 1. The minimum Gasteiger partial charge on any atom is -0.458 e. The number of cyclic esters (lactones) is 1. The maximum atomic E-state index is 11.2. The van der Waals surface area contributed by atoms with Crippen LogP contribution in [0.25, 0.3) is 6.08 Å². The highest BCUT2D eigenvalue weighted by Crippen LogP contribution is 2.18. The van der Waals surface area contributed by atoms with E-state index in [0.717, 1.165) is 16.7 Å². The number of carbonyl (C=O) groups excluding carboxylic acids is 1. The van der Waals surface area contributed by atoms with Crippen molar-refractivity contribution in [2.45, 2.75) is 13.3 Å². The smallest absolute Gasteiger partial charge is 0.334 e. The molecule has 0 spiro atoms. The van der Waals surface area contributed by atoms with Gasteiger partial charge in [-0.1, -0.05) is 42.0 Å². The molecule has 0 aliphatic carbocycles. The van der Waals surface area contributed by atoms with Crippen LogP contribution in [-0.2, 0) is 9.53 Å². The zero-order valence-electron chi connectivity index (χ0n) is 9.27. The number of ether oxygens (including phenoxy) is 1. The van der Waals surface area contributed by atoms with Crippen molar-refractivity contribution in [2.75, 3.05) is 6.61 Å². The number of hydrogen-bond donors (Lipinski definition) is 0. The number of allylic oxidation sites excluding steroid dienone is 1. The van der Waals surface area contributed by atoms with Crippen molar-refractivity contribution in [3.8, 4) is 0 Å². The van der Waals surface area contributed by atoms with Gasteiger partial charge in [-0.2, -0.15) is 0 Å². The van der Waals surface area contributed by atoms with E-state index in [2.05, 4.69) is 6.08 Å². The molecule has 1 aliphatic rings. The van der Waals surface area contributed by atoms with Gasteiger partial charge in [0.25, 0.3) is 0 Å². The summed E-state index contributed by atoms with van der Waals surface area (Å²) >= 11 is 0. The fourth-order valence-electron chi connectivity index (χ4n) is 1.72. The molecule has 1 heterocycles. The molecule has 0 aromatic heterocycles. The van der Waals surface area contributed by atoms with E-state index < -0.39 is 0 Å². The molecule has 1 aromatic rings. The second-order valence-electron chi connectivity index (χ2n) is 3.91. The van der Waals surface area contributed by atoms with Crippen LogP contribution < -0.4 is 0 Å². The number of hydrogen-bond acceptors (Lipinski definition) is 2. The Bertz CT molecular complexity index is 441. The quantitative estimate of drug-likeness (QED) is 0.723. The largest absolute Gasteiger partial charge is 0.458 e. The third-order valence-corrected chi connectivity index (χ3v) is 2.49. The van der Waals surface area contributed by atoms with Crippen molar-refractivity contribution in [2.24, 2.45) is 0 Å². The average Bonchev–Trinajstić information content (AvgIpc) is 2.66. The van der Waals surface area contributed by atoms with Gasteiger partial charge in [0.15, 0.2) is 0 Å². The van der Waals surface area contributed by atoms with Crippen LogP contribution in [-0.4, -0.2) is 12.6 Å². The molecular formula is C14H14O2. The van der Waals surface area contributed by atoms with Crippen molar-refractivity contribution in [1.29, 1.82) is 0 Å². The van der Waals surface area contributed by atoms with E-state index in [1.807, 2.05) is 43.3 Å². The van der Waals surface area contributed by atoms with Gasteiger partial charge < -0.3 is 4.74 Å². The van der Waals surface area contributed by atoms with Gasteiger partial charge in [-0.25, -0.2) is 4.79 Å². The molecule has 0 radical (unpaired) electrons. The van der Waals surface area contributed by atoms with Crippen molar-refractivity contribution >= 4 is 12.0 Å². The molecule has 2 nitrogen and oxygen atoms in total. The fourth-order valence-corrected chi connectivity index (χ4v) is 1.72. The minimum absolute atomic E-state index is 0.180. The highest BCUT2D eigenvalue weighted by atomic mass is 16.5. The lowest BCUT2D eigenvalue weighted by atomic mass is 10.0. The van der Waals surface area contributed by atoms with E-state index in [1.54, 1.807) is 0 Å². The minimum atomic E-state index is -0.180. The summed E-state index contributed by atoms with van der Waals surface area (Å²) in [5.41, 5.74) is 3.09. The Morgan fingerprint density at radius 2 is 2.12 bits per heavy atom. The SMILES string of the molecule is CC(=Cc1ccccc1)CC1=CCOC1=O. The maximum absolute atomic E-state index is 11.2. The summed E-state index contributed by atoms with van der Waals surface area (Å²) in [7, 11) is 0. The molecule has 0 unspecified atom stereocenters. The van der Waals surface area contributed by atoms with Crippen LogP contribution in [0.2, 0.25) is 0 Å². The molecule has 1 aliphatic heterocycles. The highest BCUT2D eigenvalue weighted by molar-refractivity contribution is 5.91. The summed E-state index contributed by atoms with van der Waals surface area (Å²) in [5, 5.41) is 0. The Balaban J connectivity index is 2.06. The maximum Gasteiger partial charge on any atom is 0.334 e. The van der Waals surface area contributed by atoms with E-state index in [1.165, 1.54) is 0 Å². The predicted octanol–water partition coefficient (Wildman–Crippen LogP) is 2.96. The van der Waals surface area contributed by atoms with Gasteiger partial charge in [0.1, 0.15) is 6.61 Å². The van der Waals surface area contributed by atoms with E-state index in [-0.39, 0.29) is 5.97 Å². The van der Waals surface area contributed by atoms with E-state index in [0.29, 0.717) is 13.0 Å². The average molecular weight is 214 g/mol. The lowest BCUT2D eigenvalue weighted by Crippen LogP contribution is -1.99. The van der Waals surface area contributed by atoms with Gasteiger partial charge in [0, 0.05) is 12.0 Å². The lowest BCUT2D eigenvalue weighted by molar-refractivity contribution is -0.136. The Kier molecular flexibility index (Phi) is 3.20. The molecule has 0 N–H and O–H groups in total. The van der Waals surface area contributed by atoms with Crippen LogP contribution in [0.5, 0.6) is 0 Å². The van der Waals surface area contributed by atoms with Gasteiger partial charge in [-0.05, 0) is 18.6 Å². The van der Waals surface area contributed by atoms with E-state index in [9.17, 15) is 4.79 Å². The Labute approximate surface area is 95.2 Å². The summed E-state index contributed by atoms with van der Waals surface area (Å²) in [6.07, 6.45) is 4.62. The number of esters is 1. The molecule has 0 saturated carbocycles. The zero-order chi connectivity index (χ0) is 11.4. The summed E-state index contributed by atoms with van der Waals surface area (Å²) < 4.78 is 4.86. The van der Waals surface area contributed by atoms with E-state index in [4.69, 9.17) is 4.74 Å². The Morgan fingerprint density at radius 3 is 2.75 bits per heavy atom. The Morgan fingerprint density at radius 1 is 1.38 bits per heavy atom. The van der Waals surface area contributed by atoms with Crippen LogP contribution in [0.15, 0.2) is 47.6 Å². The van der Waals surface area contributed by atoms with Crippen LogP contribution in [0, 0.1) is 0 Å². The molecule has 0 amide bonds. The lowest BCUT2D eigenvalue weighted by Gasteiger charge is -2.01. The molecular weight excluding hydrogens is 200 g/mol. The van der Waals surface area contributed by atoms with Crippen LogP contribution >= 0.6 is 0 Å². The molecule has 0 atom stereocenters. The van der Waals surface area contributed by atoms with Crippen molar-refractivity contribution < 1.29 is 9.53 Å². The molecule has 82 valence electrons. The third kappa shape index (κ3) is 2.60. The zero-order valence-corrected chi connectivity index (χ0v) is 9.27. The normalized spacial score (nSPS) is 15.9. The van der Waals surface area contributed by atoms with Crippen LogP contribution in [0.1, 0.15) is 18.9 Å². The topological polar surface area (TPSA) is 26.3 Å². The van der Waals surface area contributed by atoms with Crippen molar-refractivity contribution in [3.05, 3.63) is 53.1 Å². The summed E-state index contributed by atoms with van der Waals surface area (Å²) in [4.78, 5) is 11.2. The second kappa shape index (κ2) is 4.79. The second-order valence-corrected chi connectivity index (χ2v) is 3.91. The highest BCUT2D eigenvalue weighted by Gasteiger charge is 2.16. The molecule has 2 heteroatoms. The van der Waals surface area contributed by atoms with Crippen LogP contribution in [0.4, 0.5) is 0 Å². The molecule has 0 bridgehead atoms. The molecule has 0 saturated heterocycles. The first-order valence-electron chi connectivity index (χ1n) is 5.34.